The molecule has 162 valence electrons. The minimum absolute atomic E-state index is 0.0162. The molecule has 1 saturated carbocycles. The van der Waals surface area contributed by atoms with Crippen molar-refractivity contribution in [1.82, 2.24) is 9.78 Å². The summed E-state index contributed by atoms with van der Waals surface area (Å²) in [5, 5.41) is 7.62. The molecular weight excluding hydrogens is 436 g/mol. The molecule has 2 aromatic carbocycles. The van der Waals surface area contributed by atoms with Crippen molar-refractivity contribution in [2.45, 2.75) is 30.7 Å². The van der Waals surface area contributed by atoms with Crippen LogP contribution < -0.4 is 9.62 Å². The van der Waals surface area contributed by atoms with E-state index >= 15 is 0 Å². The van der Waals surface area contributed by atoms with E-state index in [9.17, 15) is 13.2 Å². The van der Waals surface area contributed by atoms with Crippen LogP contribution in [0.5, 0.6) is 0 Å². The number of hydrogen-bond acceptors (Lipinski definition) is 4. The Kier molecular flexibility index (Phi) is 5.77. The molecule has 1 aliphatic carbocycles. The van der Waals surface area contributed by atoms with Crippen LogP contribution in [0.25, 0.3) is 0 Å². The van der Waals surface area contributed by atoms with E-state index in [0.29, 0.717) is 22.4 Å². The number of carbonyl (C=O) groups excluding carboxylic acids is 1. The molecule has 4 rings (SSSR count). The van der Waals surface area contributed by atoms with Gasteiger partial charge >= 0.3 is 0 Å². The van der Waals surface area contributed by atoms with Gasteiger partial charge in [0.25, 0.3) is 15.9 Å². The van der Waals surface area contributed by atoms with Gasteiger partial charge in [-0.05, 0) is 62.1 Å². The van der Waals surface area contributed by atoms with Crippen LogP contribution in [0, 0.1) is 5.92 Å². The molecule has 1 atom stereocenters. The fourth-order valence-corrected chi connectivity index (χ4v) is 4.89. The third-order valence-corrected chi connectivity index (χ3v) is 7.54. The highest BCUT2D eigenvalue weighted by Gasteiger charge is 2.31. The first kappa shape index (κ1) is 21.4. The number of anilines is 2. The Morgan fingerprint density at radius 1 is 1.19 bits per heavy atom. The van der Waals surface area contributed by atoms with Crippen LogP contribution in [0.4, 0.5) is 11.5 Å². The quantitative estimate of drug-likeness (QED) is 0.561. The predicted octanol–water partition coefficient (Wildman–Crippen LogP) is 4.58. The number of benzene rings is 2. The predicted molar refractivity (Wildman–Crippen MR) is 121 cm³/mol. The molecule has 1 N–H and O–H groups in total. The number of aromatic nitrogens is 2. The molecule has 0 spiro atoms. The van der Waals surface area contributed by atoms with Gasteiger partial charge in [0.15, 0.2) is 0 Å². The number of nitrogens with one attached hydrogen (secondary N) is 1. The summed E-state index contributed by atoms with van der Waals surface area (Å²) in [6.45, 7) is 2.08. The molecule has 1 amide bonds. The molecule has 1 heterocycles. The smallest absolute Gasteiger partial charge is 0.264 e. The Balaban J connectivity index is 1.57. The van der Waals surface area contributed by atoms with Crippen molar-refractivity contribution >= 4 is 39.0 Å². The van der Waals surface area contributed by atoms with Crippen molar-refractivity contribution in [3.05, 3.63) is 71.4 Å². The maximum atomic E-state index is 13.1. The number of amides is 1. The van der Waals surface area contributed by atoms with Crippen molar-refractivity contribution in [2.75, 3.05) is 16.7 Å². The van der Waals surface area contributed by atoms with E-state index in [1.54, 1.807) is 48.7 Å². The van der Waals surface area contributed by atoms with Crippen LogP contribution in [0.3, 0.4) is 0 Å². The van der Waals surface area contributed by atoms with Crippen LogP contribution in [-0.4, -0.2) is 31.2 Å². The standard InChI is InChI=1S/C22H23ClN4O3S/c1-15(16-9-10-16)27-21(11-12-24-27)25-22(28)17-5-3-8-20(13-17)31(29,30)26(2)19-7-4-6-18(23)14-19/h3-8,11-16H,9-10H2,1-2H3,(H,25,28). The van der Waals surface area contributed by atoms with Gasteiger partial charge in [0.05, 0.1) is 22.8 Å². The second-order valence-corrected chi connectivity index (χ2v) is 10.1. The summed E-state index contributed by atoms with van der Waals surface area (Å²) < 4.78 is 29.1. The number of hydrogen-bond donors (Lipinski definition) is 1. The molecule has 0 radical (unpaired) electrons. The monoisotopic (exact) mass is 458 g/mol. The average Bonchev–Trinajstić information content (AvgIpc) is 3.52. The van der Waals surface area contributed by atoms with Crippen LogP contribution in [0.1, 0.15) is 36.2 Å². The highest BCUT2D eigenvalue weighted by Crippen LogP contribution is 2.40. The first-order valence-corrected chi connectivity index (χ1v) is 11.8. The maximum Gasteiger partial charge on any atom is 0.264 e. The van der Waals surface area contributed by atoms with Crippen molar-refractivity contribution in [2.24, 2.45) is 5.92 Å². The van der Waals surface area contributed by atoms with Gasteiger partial charge in [-0.3, -0.25) is 9.10 Å². The molecule has 0 saturated heterocycles. The van der Waals surface area contributed by atoms with Gasteiger partial charge in [-0.1, -0.05) is 23.7 Å². The Morgan fingerprint density at radius 3 is 2.65 bits per heavy atom. The van der Waals surface area contributed by atoms with Crippen LogP contribution in [0.2, 0.25) is 5.02 Å². The summed E-state index contributed by atoms with van der Waals surface area (Å²) in [5.74, 6) is 0.770. The van der Waals surface area contributed by atoms with Crippen LogP contribution in [0.15, 0.2) is 65.7 Å². The lowest BCUT2D eigenvalue weighted by Gasteiger charge is -2.20. The fraction of sp³-hybridized carbons (Fsp3) is 0.273. The molecule has 0 aliphatic heterocycles. The van der Waals surface area contributed by atoms with Gasteiger partial charge in [-0.15, -0.1) is 0 Å². The van der Waals surface area contributed by atoms with Crippen molar-refractivity contribution < 1.29 is 13.2 Å². The normalized spacial score (nSPS) is 14.8. The molecule has 1 unspecified atom stereocenters. The molecule has 31 heavy (non-hydrogen) atoms. The van der Waals surface area contributed by atoms with Gasteiger partial charge in [0, 0.05) is 23.7 Å². The van der Waals surface area contributed by atoms with Gasteiger partial charge in [-0.25, -0.2) is 13.1 Å². The largest absolute Gasteiger partial charge is 0.307 e. The van der Waals surface area contributed by atoms with Gasteiger partial charge in [0.2, 0.25) is 0 Å². The second-order valence-electron chi connectivity index (χ2n) is 7.67. The van der Waals surface area contributed by atoms with E-state index in [4.69, 9.17) is 11.6 Å². The number of sulfonamides is 1. The molecule has 9 heteroatoms. The third-order valence-electron chi connectivity index (χ3n) is 5.53. The van der Waals surface area contributed by atoms with E-state index < -0.39 is 15.9 Å². The summed E-state index contributed by atoms with van der Waals surface area (Å²) >= 11 is 6.00. The average molecular weight is 459 g/mol. The minimum atomic E-state index is -3.87. The summed E-state index contributed by atoms with van der Waals surface area (Å²) in [6, 6.07) is 14.5. The highest BCUT2D eigenvalue weighted by molar-refractivity contribution is 7.92. The van der Waals surface area contributed by atoms with E-state index in [0.717, 1.165) is 17.1 Å². The zero-order valence-corrected chi connectivity index (χ0v) is 18.8. The van der Waals surface area contributed by atoms with E-state index in [2.05, 4.69) is 17.3 Å². The summed E-state index contributed by atoms with van der Waals surface area (Å²) in [6.07, 6.45) is 3.97. The molecule has 1 aliphatic rings. The van der Waals surface area contributed by atoms with Gasteiger partial charge < -0.3 is 5.32 Å². The highest BCUT2D eigenvalue weighted by atomic mass is 35.5. The maximum absolute atomic E-state index is 13.1. The lowest BCUT2D eigenvalue weighted by atomic mass is 10.2. The third kappa shape index (κ3) is 4.45. The lowest BCUT2D eigenvalue weighted by molar-refractivity contribution is 0.102. The van der Waals surface area contributed by atoms with E-state index in [1.165, 1.54) is 19.2 Å². The number of rotatable bonds is 7. The number of nitrogens with zero attached hydrogens (tertiary/aromatic N) is 3. The first-order chi connectivity index (χ1) is 14.8. The Bertz CT molecular complexity index is 1220. The molecule has 1 aromatic heterocycles. The number of carbonyl (C=O) groups is 1. The summed E-state index contributed by atoms with van der Waals surface area (Å²) in [5.41, 5.74) is 0.674. The van der Waals surface area contributed by atoms with Crippen molar-refractivity contribution in [3.8, 4) is 0 Å². The fourth-order valence-electron chi connectivity index (χ4n) is 3.47. The SMILES string of the molecule is CC(C1CC1)n1nccc1NC(=O)c1cccc(S(=O)(=O)N(C)c2cccc(Cl)c2)c1. The Morgan fingerprint density at radius 2 is 1.94 bits per heavy atom. The Hall–Kier alpha value is -2.84. The molecule has 1 fully saturated rings. The van der Waals surface area contributed by atoms with Crippen molar-refractivity contribution in [3.63, 3.8) is 0 Å². The summed E-state index contributed by atoms with van der Waals surface area (Å²) in [7, 11) is -2.42. The molecule has 0 bridgehead atoms. The van der Waals surface area contributed by atoms with Crippen LogP contribution >= 0.6 is 11.6 Å². The zero-order valence-electron chi connectivity index (χ0n) is 17.2. The van der Waals surface area contributed by atoms with Crippen LogP contribution in [-0.2, 0) is 10.0 Å². The topological polar surface area (TPSA) is 84.3 Å². The Labute approximate surface area is 186 Å². The minimum Gasteiger partial charge on any atom is -0.307 e. The van der Waals surface area contributed by atoms with E-state index in [-0.39, 0.29) is 16.5 Å². The molecular formula is C22H23ClN4O3S. The van der Waals surface area contributed by atoms with Gasteiger partial charge in [0.1, 0.15) is 5.82 Å². The van der Waals surface area contributed by atoms with Gasteiger partial charge in [-0.2, -0.15) is 5.10 Å². The molecule has 7 nitrogen and oxygen atoms in total. The summed E-state index contributed by atoms with van der Waals surface area (Å²) in [4.78, 5) is 12.9. The lowest BCUT2D eigenvalue weighted by Crippen LogP contribution is -2.27. The number of halogens is 1. The molecule has 3 aromatic rings. The van der Waals surface area contributed by atoms with Crippen molar-refractivity contribution in [1.29, 1.82) is 0 Å². The van der Waals surface area contributed by atoms with E-state index in [1.807, 2.05) is 4.68 Å². The zero-order chi connectivity index (χ0) is 22.2. The first-order valence-electron chi connectivity index (χ1n) is 9.97. The second kappa shape index (κ2) is 8.36.